The number of hydrogen-bond acceptors (Lipinski definition) is 0. The summed E-state index contributed by atoms with van der Waals surface area (Å²) in [5.74, 6) is 10.1. The third-order valence-electron chi connectivity index (χ3n) is 11.0. The van der Waals surface area contributed by atoms with Gasteiger partial charge in [0.2, 0.25) is 0 Å². The van der Waals surface area contributed by atoms with E-state index in [9.17, 15) is 5.53 Å². The van der Waals surface area contributed by atoms with Gasteiger partial charge >= 0.3 is 22.4 Å². The first kappa shape index (κ1) is 58.5. The molecule has 334 valence electrons. The van der Waals surface area contributed by atoms with Crippen molar-refractivity contribution >= 4 is 11.4 Å². The molecule has 2 aromatic rings. The van der Waals surface area contributed by atoms with Crippen LogP contribution in [0.15, 0.2) is 59.7 Å². The average Bonchev–Trinajstić information content (AvgIpc) is 3.26. The molecule has 2 rings (SSSR count). The quantitative estimate of drug-likeness (QED) is 0.0103. The van der Waals surface area contributed by atoms with Gasteiger partial charge in [0.05, 0.1) is 5.57 Å². The van der Waals surface area contributed by atoms with Crippen LogP contribution in [0.2, 0.25) is 0 Å². The largest absolute Gasteiger partial charge is 2.00 e. The number of nitrogens with zero attached hydrogens (tertiary/aromatic N) is 2. The van der Waals surface area contributed by atoms with Gasteiger partial charge in [0.25, 0.3) is 0 Å². The molecule has 0 saturated heterocycles. The van der Waals surface area contributed by atoms with Crippen molar-refractivity contribution in [2.45, 2.75) is 234 Å². The third-order valence-corrected chi connectivity index (χ3v) is 11.0. The molecule has 0 unspecified atom stereocenters. The molecule has 0 saturated carbocycles. The first-order valence-electron chi connectivity index (χ1n) is 24.4. The number of unbranched alkanes of at least 4 members (excludes halogenated alkanes) is 21. The Morgan fingerprint density at radius 2 is 1.02 bits per heavy atom. The SMILES string of the molecule is CCCCCCCCCCCCCCCCC#CCCc1ccccc1C(=C(CCCC)C(=C=[N+]=[N-])CCCC)c1cccc(CCCCCCCC)c1.[CH2-]C.[CH2-]C.[Ni+2]. The Hall–Kier alpha value is -2.61. The predicted molar refractivity (Wildman–Crippen MR) is 260 cm³/mol. The minimum atomic E-state index is 0. The van der Waals surface area contributed by atoms with Crippen LogP contribution in [0.25, 0.3) is 11.1 Å². The summed E-state index contributed by atoms with van der Waals surface area (Å²) in [5.41, 5.74) is 18.7. The number of benzene rings is 2. The first-order chi connectivity index (χ1) is 28.7. The van der Waals surface area contributed by atoms with E-state index < -0.39 is 0 Å². The second kappa shape index (κ2) is 44.9. The molecule has 0 atom stereocenters. The van der Waals surface area contributed by atoms with Gasteiger partial charge in [0.15, 0.2) is 0 Å². The summed E-state index contributed by atoms with van der Waals surface area (Å²) in [6, 6.07) is 18.3. The molecule has 0 radical (unpaired) electrons. The van der Waals surface area contributed by atoms with Crippen molar-refractivity contribution in [3.8, 4) is 11.8 Å². The van der Waals surface area contributed by atoms with Gasteiger partial charge in [0, 0.05) is 12.8 Å². The summed E-state index contributed by atoms with van der Waals surface area (Å²) in [4.78, 5) is 3.49. The molecule has 0 aliphatic heterocycles. The van der Waals surface area contributed by atoms with Gasteiger partial charge in [-0.3, -0.25) is 0 Å². The topological polar surface area (TPSA) is 36.4 Å². The van der Waals surface area contributed by atoms with Gasteiger partial charge in [0.1, 0.15) is 0 Å². The molecule has 0 heterocycles. The third kappa shape index (κ3) is 29.3. The van der Waals surface area contributed by atoms with E-state index in [1.54, 1.807) is 13.8 Å². The van der Waals surface area contributed by atoms with Crippen molar-refractivity contribution in [3.63, 3.8) is 0 Å². The van der Waals surface area contributed by atoms with Crippen LogP contribution >= 0.6 is 0 Å². The fourth-order valence-electron chi connectivity index (χ4n) is 7.72. The fourth-order valence-corrected chi connectivity index (χ4v) is 7.72. The van der Waals surface area contributed by atoms with Crippen LogP contribution in [0.1, 0.15) is 244 Å². The fraction of sp³-hybridized carbons (Fsp3) is 0.643. The number of aryl methyl sites for hydroxylation is 2. The molecule has 0 N–H and O–H groups in total. The molecule has 0 spiro atoms. The van der Waals surface area contributed by atoms with Gasteiger partial charge in [-0.25, -0.2) is 0 Å². The van der Waals surface area contributed by atoms with Gasteiger partial charge in [-0.2, -0.15) is 13.8 Å². The second-order valence-corrected chi connectivity index (χ2v) is 15.8. The van der Waals surface area contributed by atoms with Gasteiger partial charge < -0.3 is 19.4 Å². The smallest absolute Gasteiger partial charge is 0.348 e. The van der Waals surface area contributed by atoms with Gasteiger partial charge in [-0.05, 0) is 84.8 Å². The molecular formula is C56H90N2Ni. The minimum Gasteiger partial charge on any atom is -0.348 e. The molecule has 0 aromatic heterocycles. The normalized spacial score (nSPS) is 10.6. The van der Waals surface area contributed by atoms with E-state index in [1.807, 2.05) is 0 Å². The molecule has 3 heteroatoms. The summed E-state index contributed by atoms with van der Waals surface area (Å²) < 4.78 is 0. The zero-order valence-corrected chi connectivity index (χ0v) is 40.4. The number of allylic oxidation sites excluding steroid dienone is 2. The number of rotatable bonds is 32. The van der Waals surface area contributed by atoms with Crippen LogP contribution in [0, 0.1) is 25.7 Å². The van der Waals surface area contributed by atoms with Crippen LogP contribution in [0.3, 0.4) is 0 Å². The molecule has 2 nitrogen and oxygen atoms in total. The van der Waals surface area contributed by atoms with Crippen molar-refractivity contribution in [2.24, 2.45) is 0 Å². The van der Waals surface area contributed by atoms with Crippen molar-refractivity contribution < 1.29 is 21.3 Å². The van der Waals surface area contributed by atoms with E-state index in [4.69, 9.17) is 0 Å². The van der Waals surface area contributed by atoms with Crippen molar-refractivity contribution in [2.75, 3.05) is 0 Å². The van der Waals surface area contributed by atoms with E-state index in [0.29, 0.717) is 0 Å². The first-order valence-corrected chi connectivity index (χ1v) is 24.4. The van der Waals surface area contributed by atoms with Crippen LogP contribution < -0.4 is 0 Å². The van der Waals surface area contributed by atoms with Gasteiger partial charge in [-0.15, -0.1) is 16.6 Å². The zero-order chi connectivity index (χ0) is 42.7. The Kier molecular flexibility index (Phi) is 44.5. The number of hydrogen-bond donors (Lipinski definition) is 0. The standard InChI is InChI=1S/C52H80N2.2C2H5.Ni/c1-5-9-13-15-17-18-19-20-21-22-23-24-25-26-27-28-30-32-39-47-40-33-34-43-50(47)52(51(42-12-8-4)49(45-54-53)38-11-7-3)48-41-35-37-46(44-48)36-31-29-16-14-10-6-2;2*1-2;/h33-35,37,40-41,43-44H,5-27,29,31-32,36,38-39,42H2,1-4H3;2*1H2,2H3;/q;2*-1;+2. The summed E-state index contributed by atoms with van der Waals surface area (Å²) >= 11 is 0. The average molecular weight is 850 g/mol. The van der Waals surface area contributed by atoms with E-state index in [0.717, 1.165) is 69.8 Å². The summed E-state index contributed by atoms with van der Waals surface area (Å²) in [7, 11) is 0. The maximum atomic E-state index is 9.78. The maximum Gasteiger partial charge on any atom is 2.00 e. The van der Waals surface area contributed by atoms with Crippen molar-refractivity contribution in [3.05, 3.63) is 101 Å². The summed E-state index contributed by atoms with van der Waals surface area (Å²) in [6.45, 7) is 19.1. The van der Waals surface area contributed by atoms with E-state index in [1.165, 1.54) is 162 Å². The molecule has 0 amide bonds. The second-order valence-electron chi connectivity index (χ2n) is 15.8. The molecule has 0 aliphatic carbocycles. The zero-order valence-electron chi connectivity index (χ0n) is 39.5. The monoisotopic (exact) mass is 849 g/mol. The Morgan fingerprint density at radius 1 is 0.525 bits per heavy atom. The molecule has 59 heavy (non-hydrogen) atoms. The summed E-state index contributed by atoms with van der Waals surface area (Å²) in [6.07, 6.45) is 37.5. The van der Waals surface area contributed by atoms with E-state index >= 15 is 0 Å². The Morgan fingerprint density at radius 3 is 1.58 bits per heavy atom. The maximum absolute atomic E-state index is 9.78. The van der Waals surface area contributed by atoms with E-state index in [-0.39, 0.29) is 16.5 Å². The Labute approximate surface area is 378 Å². The minimum absolute atomic E-state index is 0. The Bertz CT molecular complexity index is 1430. The molecule has 2 aromatic carbocycles. The van der Waals surface area contributed by atoms with Crippen molar-refractivity contribution in [1.82, 2.24) is 0 Å². The molecular weight excluding hydrogens is 759 g/mol. The summed E-state index contributed by atoms with van der Waals surface area (Å²) in [5, 5.41) is 0. The van der Waals surface area contributed by atoms with E-state index in [2.05, 4.69) is 113 Å². The predicted octanol–water partition coefficient (Wildman–Crippen LogP) is 18.1. The van der Waals surface area contributed by atoms with Crippen LogP contribution in [-0.4, -0.2) is 10.7 Å². The molecule has 0 fully saturated rings. The van der Waals surface area contributed by atoms with Crippen LogP contribution in [0.4, 0.5) is 0 Å². The Balaban J connectivity index is 0. The van der Waals surface area contributed by atoms with Crippen LogP contribution in [-0.2, 0) is 29.3 Å². The molecule has 0 bridgehead atoms. The van der Waals surface area contributed by atoms with Crippen LogP contribution in [0.5, 0.6) is 0 Å². The van der Waals surface area contributed by atoms with Gasteiger partial charge in [-0.1, -0.05) is 205 Å². The van der Waals surface area contributed by atoms with Crippen molar-refractivity contribution in [1.29, 1.82) is 0 Å². The molecule has 0 aliphatic rings.